The van der Waals surface area contributed by atoms with Gasteiger partial charge >= 0.3 is 0 Å². The number of methoxy groups -OCH3 is 1. The van der Waals surface area contributed by atoms with Crippen molar-refractivity contribution in [2.45, 2.75) is 52.0 Å². The second kappa shape index (κ2) is 7.31. The number of anilines is 2. The van der Waals surface area contributed by atoms with Crippen LogP contribution in [-0.2, 0) is 0 Å². The van der Waals surface area contributed by atoms with Crippen molar-refractivity contribution in [3.05, 3.63) is 6.33 Å². The third-order valence-corrected chi connectivity index (χ3v) is 4.05. The molecule has 2 N–H and O–H groups in total. The second-order valence-corrected chi connectivity index (χ2v) is 5.42. The minimum absolute atomic E-state index is 0.493. The molecule has 0 aromatic carbocycles. The maximum atomic E-state index is 5.47. The van der Waals surface area contributed by atoms with Gasteiger partial charge in [0.15, 0.2) is 11.6 Å². The fourth-order valence-corrected chi connectivity index (χ4v) is 2.95. The lowest BCUT2D eigenvalue weighted by Gasteiger charge is -2.29. The van der Waals surface area contributed by atoms with Gasteiger partial charge in [-0.25, -0.2) is 9.97 Å². The normalized spacial score (nSPS) is 22.4. The minimum atomic E-state index is 0.493. The molecule has 1 saturated carbocycles. The zero-order chi connectivity index (χ0) is 14.4. The molecule has 2 rings (SSSR count). The van der Waals surface area contributed by atoms with Crippen LogP contribution >= 0.6 is 0 Å². The van der Waals surface area contributed by atoms with Crippen LogP contribution in [0.1, 0.15) is 46.0 Å². The molecule has 0 radical (unpaired) electrons. The summed E-state index contributed by atoms with van der Waals surface area (Å²) in [4.78, 5) is 8.59. The molecular formula is C15H26N4O. The van der Waals surface area contributed by atoms with Crippen molar-refractivity contribution in [2.75, 3.05) is 24.3 Å². The average Bonchev–Trinajstić information content (AvgIpc) is 2.48. The van der Waals surface area contributed by atoms with E-state index in [-0.39, 0.29) is 0 Å². The molecule has 1 aliphatic carbocycles. The summed E-state index contributed by atoms with van der Waals surface area (Å²) in [6.07, 6.45) is 7.94. The Kier molecular flexibility index (Phi) is 5.44. The predicted octanol–water partition coefficient (Wildman–Crippen LogP) is 3.30. The van der Waals surface area contributed by atoms with Gasteiger partial charge in [-0.2, -0.15) is 0 Å². The molecule has 0 bridgehead atoms. The Morgan fingerprint density at radius 3 is 2.75 bits per heavy atom. The first-order valence-corrected chi connectivity index (χ1v) is 7.67. The van der Waals surface area contributed by atoms with E-state index in [0.717, 1.165) is 24.1 Å². The van der Waals surface area contributed by atoms with Crippen LogP contribution in [-0.4, -0.2) is 29.7 Å². The van der Waals surface area contributed by atoms with Gasteiger partial charge in [0.2, 0.25) is 5.75 Å². The van der Waals surface area contributed by atoms with Crippen molar-refractivity contribution in [1.82, 2.24) is 9.97 Å². The summed E-state index contributed by atoms with van der Waals surface area (Å²) in [6.45, 7) is 5.14. The highest BCUT2D eigenvalue weighted by Crippen LogP contribution is 2.33. The van der Waals surface area contributed by atoms with Crippen LogP contribution in [0.4, 0.5) is 11.6 Å². The lowest BCUT2D eigenvalue weighted by Crippen LogP contribution is -2.27. The van der Waals surface area contributed by atoms with Gasteiger partial charge in [0.1, 0.15) is 6.33 Å². The Morgan fingerprint density at radius 1 is 1.25 bits per heavy atom. The smallest absolute Gasteiger partial charge is 0.204 e. The van der Waals surface area contributed by atoms with Gasteiger partial charge < -0.3 is 15.4 Å². The third kappa shape index (κ3) is 3.52. The van der Waals surface area contributed by atoms with E-state index in [1.165, 1.54) is 32.1 Å². The number of nitrogens with zero attached hydrogens (tertiary/aromatic N) is 2. The maximum Gasteiger partial charge on any atom is 0.204 e. The van der Waals surface area contributed by atoms with Crippen LogP contribution in [0, 0.1) is 5.92 Å². The zero-order valence-corrected chi connectivity index (χ0v) is 12.8. The molecule has 5 heteroatoms. The Labute approximate surface area is 121 Å². The van der Waals surface area contributed by atoms with E-state index < -0.39 is 0 Å². The topological polar surface area (TPSA) is 59.1 Å². The molecule has 20 heavy (non-hydrogen) atoms. The van der Waals surface area contributed by atoms with E-state index in [2.05, 4.69) is 27.5 Å². The zero-order valence-electron chi connectivity index (χ0n) is 12.8. The maximum absolute atomic E-state index is 5.47. The molecule has 0 saturated heterocycles. The Balaban J connectivity index is 2.10. The quantitative estimate of drug-likeness (QED) is 0.836. The van der Waals surface area contributed by atoms with Gasteiger partial charge in [-0.1, -0.05) is 26.2 Å². The summed E-state index contributed by atoms with van der Waals surface area (Å²) in [5, 5.41) is 6.76. The van der Waals surface area contributed by atoms with Crippen molar-refractivity contribution < 1.29 is 4.74 Å². The van der Waals surface area contributed by atoms with Crippen LogP contribution in [0.15, 0.2) is 6.33 Å². The minimum Gasteiger partial charge on any atom is -0.490 e. The van der Waals surface area contributed by atoms with Gasteiger partial charge in [-0.15, -0.1) is 0 Å². The van der Waals surface area contributed by atoms with Gasteiger partial charge in [0, 0.05) is 12.6 Å². The fraction of sp³-hybridized carbons (Fsp3) is 0.733. The number of aromatic nitrogens is 2. The average molecular weight is 278 g/mol. The molecular weight excluding hydrogens is 252 g/mol. The molecule has 1 aliphatic rings. The number of ether oxygens (including phenoxy) is 1. The van der Waals surface area contributed by atoms with Gasteiger partial charge in [-0.3, -0.25) is 0 Å². The van der Waals surface area contributed by atoms with E-state index in [4.69, 9.17) is 4.74 Å². The fourth-order valence-electron chi connectivity index (χ4n) is 2.95. The van der Waals surface area contributed by atoms with Crippen LogP contribution in [0.5, 0.6) is 5.75 Å². The lowest BCUT2D eigenvalue weighted by molar-refractivity contribution is 0.326. The van der Waals surface area contributed by atoms with Gasteiger partial charge in [0.05, 0.1) is 7.11 Å². The highest BCUT2D eigenvalue weighted by molar-refractivity contribution is 5.63. The summed E-state index contributed by atoms with van der Waals surface area (Å²) >= 11 is 0. The lowest BCUT2D eigenvalue weighted by atomic mass is 9.84. The highest BCUT2D eigenvalue weighted by Gasteiger charge is 2.22. The summed E-state index contributed by atoms with van der Waals surface area (Å²) in [5.74, 6) is 3.12. The number of rotatable bonds is 6. The molecule has 5 nitrogen and oxygen atoms in total. The van der Waals surface area contributed by atoms with Crippen LogP contribution in [0.25, 0.3) is 0 Å². The van der Waals surface area contributed by atoms with Crippen LogP contribution in [0.2, 0.25) is 0 Å². The first-order chi connectivity index (χ1) is 9.78. The molecule has 0 spiro atoms. The Bertz CT molecular complexity index is 424. The van der Waals surface area contributed by atoms with Crippen molar-refractivity contribution in [3.8, 4) is 5.75 Å². The summed E-state index contributed by atoms with van der Waals surface area (Å²) in [6, 6.07) is 0.493. The number of hydrogen-bond acceptors (Lipinski definition) is 5. The second-order valence-electron chi connectivity index (χ2n) is 5.42. The first-order valence-electron chi connectivity index (χ1n) is 7.67. The van der Waals surface area contributed by atoms with E-state index in [0.29, 0.717) is 11.8 Å². The monoisotopic (exact) mass is 278 g/mol. The number of nitrogens with one attached hydrogen (secondary N) is 2. The molecule has 112 valence electrons. The SMILES string of the molecule is CCNc1ncnc(NC2CCCC(CC)C2)c1OC. The first kappa shape index (κ1) is 14.9. The summed E-state index contributed by atoms with van der Waals surface area (Å²) in [5.41, 5.74) is 0. The third-order valence-electron chi connectivity index (χ3n) is 4.05. The number of hydrogen-bond donors (Lipinski definition) is 2. The molecule has 0 aliphatic heterocycles. The van der Waals surface area contributed by atoms with E-state index in [9.17, 15) is 0 Å². The summed E-state index contributed by atoms with van der Waals surface area (Å²) < 4.78 is 5.47. The molecule has 0 amide bonds. The highest BCUT2D eigenvalue weighted by atomic mass is 16.5. The van der Waals surface area contributed by atoms with Gasteiger partial charge in [-0.05, 0) is 25.7 Å². The van der Waals surface area contributed by atoms with Crippen LogP contribution < -0.4 is 15.4 Å². The standard InChI is InChI=1S/C15H26N4O/c1-4-11-7-6-8-12(9-11)19-15-13(20-3)14(16-5-2)17-10-18-15/h10-12H,4-9H2,1-3H3,(H2,16,17,18,19). The Hall–Kier alpha value is -1.52. The summed E-state index contributed by atoms with van der Waals surface area (Å²) in [7, 11) is 1.67. The van der Waals surface area contributed by atoms with Crippen LogP contribution in [0.3, 0.4) is 0 Å². The Morgan fingerprint density at radius 2 is 2.05 bits per heavy atom. The van der Waals surface area contributed by atoms with E-state index in [1.54, 1.807) is 13.4 Å². The van der Waals surface area contributed by atoms with Crippen molar-refractivity contribution in [1.29, 1.82) is 0 Å². The van der Waals surface area contributed by atoms with Crippen molar-refractivity contribution in [2.24, 2.45) is 5.92 Å². The molecule has 1 aromatic heterocycles. The predicted molar refractivity (Wildman–Crippen MR) is 82.4 cm³/mol. The molecule has 2 atom stereocenters. The van der Waals surface area contributed by atoms with E-state index in [1.807, 2.05) is 6.92 Å². The van der Waals surface area contributed by atoms with Crippen molar-refractivity contribution in [3.63, 3.8) is 0 Å². The molecule has 2 unspecified atom stereocenters. The van der Waals surface area contributed by atoms with Crippen molar-refractivity contribution >= 4 is 11.6 Å². The molecule has 1 heterocycles. The largest absolute Gasteiger partial charge is 0.490 e. The van der Waals surface area contributed by atoms with Gasteiger partial charge in [0.25, 0.3) is 0 Å². The van der Waals surface area contributed by atoms with E-state index >= 15 is 0 Å². The molecule has 1 aromatic rings. The molecule has 1 fully saturated rings.